The highest BCUT2D eigenvalue weighted by Gasteiger charge is 2.24. The zero-order valence-corrected chi connectivity index (χ0v) is 10.9. The molecule has 0 bridgehead atoms. The average Bonchev–Trinajstić information content (AvgIpc) is 2.29. The molecule has 1 aromatic rings. The quantitative estimate of drug-likeness (QED) is 0.926. The topological polar surface area (TPSA) is 49.8 Å². The Kier molecular flexibility index (Phi) is 4.15. The van der Waals surface area contributed by atoms with Gasteiger partial charge in [-0.25, -0.2) is 0 Å². The SMILES string of the molecule is O=C(O)CN1CCOC(c2ccccc2Br)C1. The van der Waals surface area contributed by atoms with Crippen LogP contribution >= 0.6 is 15.9 Å². The molecule has 1 N–H and O–H groups in total. The molecular weight excluding hydrogens is 286 g/mol. The first kappa shape index (κ1) is 12.5. The highest BCUT2D eigenvalue weighted by atomic mass is 79.9. The molecule has 0 radical (unpaired) electrons. The minimum Gasteiger partial charge on any atom is -0.480 e. The summed E-state index contributed by atoms with van der Waals surface area (Å²) in [6.07, 6.45) is -0.0568. The predicted molar refractivity (Wildman–Crippen MR) is 66.9 cm³/mol. The molecule has 0 amide bonds. The summed E-state index contributed by atoms with van der Waals surface area (Å²) in [4.78, 5) is 12.6. The number of carboxylic acid groups (broad SMARTS) is 1. The number of nitrogens with zero attached hydrogens (tertiary/aromatic N) is 1. The number of carboxylic acids is 1. The van der Waals surface area contributed by atoms with Gasteiger partial charge >= 0.3 is 5.97 Å². The lowest BCUT2D eigenvalue weighted by Gasteiger charge is -2.32. The van der Waals surface area contributed by atoms with Crippen LogP contribution in [0.1, 0.15) is 11.7 Å². The van der Waals surface area contributed by atoms with Gasteiger partial charge < -0.3 is 9.84 Å². The molecule has 1 aliphatic heterocycles. The van der Waals surface area contributed by atoms with E-state index in [0.717, 1.165) is 10.0 Å². The summed E-state index contributed by atoms with van der Waals surface area (Å²) in [7, 11) is 0. The van der Waals surface area contributed by atoms with Crippen molar-refractivity contribution in [2.24, 2.45) is 0 Å². The number of ether oxygens (including phenoxy) is 1. The molecule has 2 rings (SSSR count). The summed E-state index contributed by atoms with van der Waals surface area (Å²) in [5, 5.41) is 8.79. The highest BCUT2D eigenvalue weighted by molar-refractivity contribution is 9.10. The third-order valence-corrected chi connectivity index (χ3v) is 3.48. The van der Waals surface area contributed by atoms with Gasteiger partial charge in [-0.05, 0) is 11.6 Å². The van der Waals surface area contributed by atoms with Crippen LogP contribution in [-0.4, -0.2) is 42.2 Å². The standard InChI is InChI=1S/C12H14BrNO3/c13-10-4-2-1-3-9(10)11-7-14(5-6-17-11)8-12(15)16/h1-4,11H,5-8H2,(H,15,16). The monoisotopic (exact) mass is 299 g/mol. The molecule has 4 nitrogen and oxygen atoms in total. The second-order valence-corrected chi connectivity index (χ2v) is 4.86. The van der Waals surface area contributed by atoms with Gasteiger partial charge in [-0.3, -0.25) is 9.69 Å². The summed E-state index contributed by atoms with van der Waals surface area (Å²) < 4.78 is 6.69. The van der Waals surface area contributed by atoms with E-state index in [4.69, 9.17) is 9.84 Å². The minimum atomic E-state index is -0.794. The Morgan fingerprint density at radius 1 is 1.53 bits per heavy atom. The van der Waals surface area contributed by atoms with Gasteiger partial charge in [0.05, 0.1) is 19.3 Å². The molecular formula is C12H14BrNO3. The number of halogens is 1. The maximum absolute atomic E-state index is 10.7. The Balaban J connectivity index is 2.07. The summed E-state index contributed by atoms with van der Waals surface area (Å²) in [5.74, 6) is -0.794. The molecule has 1 aromatic carbocycles. The first-order valence-corrected chi connectivity index (χ1v) is 6.26. The molecule has 1 saturated heterocycles. The van der Waals surface area contributed by atoms with Gasteiger partial charge in [-0.15, -0.1) is 0 Å². The third kappa shape index (κ3) is 3.28. The molecule has 1 heterocycles. The molecule has 1 fully saturated rings. The van der Waals surface area contributed by atoms with E-state index < -0.39 is 5.97 Å². The van der Waals surface area contributed by atoms with Crippen molar-refractivity contribution in [1.29, 1.82) is 0 Å². The Labute approximate surface area is 108 Å². The third-order valence-electron chi connectivity index (χ3n) is 2.76. The maximum atomic E-state index is 10.7. The van der Waals surface area contributed by atoms with Gasteiger partial charge in [0, 0.05) is 17.6 Å². The van der Waals surface area contributed by atoms with Crippen molar-refractivity contribution in [3.05, 3.63) is 34.3 Å². The summed E-state index contributed by atoms with van der Waals surface area (Å²) in [6, 6.07) is 7.87. The van der Waals surface area contributed by atoms with Crippen LogP contribution < -0.4 is 0 Å². The van der Waals surface area contributed by atoms with Crippen molar-refractivity contribution in [2.75, 3.05) is 26.2 Å². The van der Waals surface area contributed by atoms with E-state index >= 15 is 0 Å². The molecule has 1 aliphatic rings. The van der Waals surface area contributed by atoms with Crippen molar-refractivity contribution in [2.45, 2.75) is 6.10 Å². The molecule has 0 spiro atoms. The lowest BCUT2D eigenvalue weighted by molar-refractivity contribution is -0.140. The fraction of sp³-hybridized carbons (Fsp3) is 0.417. The van der Waals surface area contributed by atoms with Crippen LogP contribution in [0.3, 0.4) is 0 Å². The van der Waals surface area contributed by atoms with E-state index in [2.05, 4.69) is 15.9 Å². The van der Waals surface area contributed by atoms with Crippen LogP contribution in [0.5, 0.6) is 0 Å². The largest absolute Gasteiger partial charge is 0.480 e. The molecule has 0 aliphatic carbocycles. The Bertz CT molecular complexity index is 410. The Morgan fingerprint density at radius 3 is 3.00 bits per heavy atom. The number of benzene rings is 1. The maximum Gasteiger partial charge on any atom is 0.317 e. The fourth-order valence-corrected chi connectivity index (χ4v) is 2.50. The van der Waals surface area contributed by atoms with E-state index in [1.165, 1.54) is 0 Å². The van der Waals surface area contributed by atoms with Crippen molar-refractivity contribution < 1.29 is 14.6 Å². The second kappa shape index (κ2) is 5.62. The summed E-state index contributed by atoms with van der Waals surface area (Å²) in [5.41, 5.74) is 1.07. The minimum absolute atomic E-state index is 0.0568. The number of morpholine rings is 1. The smallest absolute Gasteiger partial charge is 0.317 e. The zero-order valence-electron chi connectivity index (χ0n) is 9.30. The molecule has 17 heavy (non-hydrogen) atoms. The normalized spacial score (nSPS) is 21.4. The van der Waals surface area contributed by atoms with E-state index in [-0.39, 0.29) is 12.6 Å². The lowest BCUT2D eigenvalue weighted by Crippen LogP contribution is -2.41. The van der Waals surface area contributed by atoms with Crippen LogP contribution in [0.4, 0.5) is 0 Å². The number of aliphatic carboxylic acids is 1. The fourth-order valence-electron chi connectivity index (χ4n) is 1.96. The molecule has 92 valence electrons. The van der Waals surface area contributed by atoms with Crippen molar-refractivity contribution in [3.8, 4) is 0 Å². The van der Waals surface area contributed by atoms with Gasteiger partial charge in [-0.2, -0.15) is 0 Å². The van der Waals surface area contributed by atoms with Gasteiger partial charge in [0.1, 0.15) is 0 Å². The van der Waals surface area contributed by atoms with E-state index in [0.29, 0.717) is 19.7 Å². The first-order valence-electron chi connectivity index (χ1n) is 5.47. The number of hydrogen-bond donors (Lipinski definition) is 1. The van der Waals surface area contributed by atoms with E-state index in [1.807, 2.05) is 29.2 Å². The van der Waals surface area contributed by atoms with Crippen LogP contribution in [0.15, 0.2) is 28.7 Å². The zero-order chi connectivity index (χ0) is 12.3. The van der Waals surface area contributed by atoms with Crippen LogP contribution in [-0.2, 0) is 9.53 Å². The number of hydrogen-bond acceptors (Lipinski definition) is 3. The predicted octanol–water partition coefficient (Wildman–Crippen LogP) is 1.91. The summed E-state index contributed by atoms with van der Waals surface area (Å²) >= 11 is 3.49. The van der Waals surface area contributed by atoms with Crippen LogP contribution in [0.25, 0.3) is 0 Å². The average molecular weight is 300 g/mol. The lowest BCUT2D eigenvalue weighted by atomic mass is 10.1. The van der Waals surface area contributed by atoms with E-state index in [9.17, 15) is 4.79 Å². The van der Waals surface area contributed by atoms with Crippen molar-refractivity contribution >= 4 is 21.9 Å². The van der Waals surface area contributed by atoms with Crippen molar-refractivity contribution in [3.63, 3.8) is 0 Å². The first-order chi connectivity index (χ1) is 8.16. The van der Waals surface area contributed by atoms with Crippen LogP contribution in [0, 0.1) is 0 Å². The Morgan fingerprint density at radius 2 is 2.29 bits per heavy atom. The summed E-state index contributed by atoms with van der Waals surface area (Å²) in [6.45, 7) is 1.94. The number of carbonyl (C=O) groups is 1. The van der Waals surface area contributed by atoms with Gasteiger partial charge in [0.15, 0.2) is 0 Å². The number of rotatable bonds is 3. The van der Waals surface area contributed by atoms with Crippen molar-refractivity contribution in [1.82, 2.24) is 4.90 Å². The molecule has 0 aromatic heterocycles. The Hall–Kier alpha value is -0.910. The van der Waals surface area contributed by atoms with Crippen LogP contribution in [0.2, 0.25) is 0 Å². The molecule has 1 unspecified atom stereocenters. The molecule has 5 heteroatoms. The van der Waals surface area contributed by atoms with Gasteiger partial charge in [0.25, 0.3) is 0 Å². The second-order valence-electron chi connectivity index (χ2n) is 4.01. The van der Waals surface area contributed by atoms with E-state index in [1.54, 1.807) is 0 Å². The van der Waals surface area contributed by atoms with Gasteiger partial charge in [0.2, 0.25) is 0 Å². The highest BCUT2D eigenvalue weighted by Crippen LogP contribution is 2.28. The molecule has 1 atom stereocenters. The molecule has 0 saturated carbocycles. The van der Waals surface area contributed by atoms with Gasteiger partial charge in [-0.1, -0.05) is 34.1 Å².